The molecule has 4 nitrogen and oxygen atoms in total. The lowest BCUT2D eigenvalue weighted by molar-refractivity contribution is 0.102. The molecule has 4 N–H and O–H groups in total. The first kappa shape index (κ1) is 11.3. The summed E-state index contributed by atoms with van der Waals surface area (Å²) in [6, 6.07) is 9.39. The van der Waals surface area contributed by atoms with Crippen LogP contribution in [0.1, 0.15) is 23.0 Å². The SMILES string of the molecule is CCc1ccc(NC(=O)c2cc(N)c[nH]2)cc1. The van der Waals surface area contributed by atoms with Gasteiger partial charge in [-0.05, 0) is 30.2 Å². The number of hydrogen-bond donors (Lipinski definition) is 3. The molecule has 0 aliphatic heterocycles. The highest BCUT2D eigenvalue weighted by Gasteiger charge is 2.07. The van der Waals surface area contributed by atoms with Gasteiger partial charge in [0.05, 0.1) is 0 Å². The van der Waals surface area contributed by atoms with E-state index in [-0.39, 0.29) is 5.91 Å². The number of H-pyrrole nitrogens is 1. The van der Waals surface area contributed by atoms with Gasteiger partial charge in [-0.25, -0.2) is 0 Å². The monoisotopic (exact) mass is 229 g/mol. The van der Waals surface area contributed by atoms with Gasteiger partial charge < -0.3 is 16.0 Å². The fourth-order valence-corrected chi connectivity index (χ4v) is 1.56. The summed E-state index contributed by atoms with van der Waals surface area (Å²) in [5, 5.41) is 2.80. The first-order chi connectivity index (χ1) is 8.19. The lowest BCUT2D eigenvalue weighted by atomic mass is 10.1. The summed E-state index contributed by atoms with van der Waals surface area (Å²) in [5.41, 5.74) is 8.57. The van der Waals surface area contributed by atoms with Crippen LogP contribution in [0.25, 0.3) is 0 Å². The number of carbonyl (C=O) groups is 1. The molecule has 4 heteroatoms. The fraction of sp³-hybridized carbons (Fsp3) is 0.154. The molecule has 0 saturated carbocycles. The van der Waals surface area contributed by atoms with E-state index < -0.39 is 0 Å². The number of nitrogen functional groups attached to an aromatic ring is 1. The second-order valence-electron chi connectivity index (χ2n) is 3.85. The van der Waals surface area contributed by atoms with Crippen molar-refractivity contribution in [2.45, 2.75) is 13.3 Å². The minimum absolute atomic E-state index is 0.189. The van der Waals surface area contributed by atoms with Crippen molar-refractivity contribution in [1.82, 2.24) is 4.98 Å². The largest absolute Gasteiger partial charge is 0.397 e. The number of nitrogens with two attached hydrogens (primary N) is 1. The number of aromatic amines is 1. The summed E-state index contributed by atoms with van der Waals surface area (Å²) in [7, 11) is 0. The lowest BCUT2D eigenvalue weighted by Crippen LogP contribution is -2.12. The molecule has 0 unspecified atom stereocenters. The number of hydrogen-bond acceptors (Lipinski definition) is 2. The molecule has 1 amide bonds. The Labute approximate surface area is 99.8 Å². The van der Waals surface area contributed by atoms with Crippen LogP contribution in [0.15, 0.2) is 36.5 Å². The highest BCUT2D eigenvalue weighted by atomic mass is 16.1. The first-order valence-corrected chi connectivity index (χ1v) is 5.53. The van der Waals surface area contributed by atoms with Crippen molar-refractivity contribution >= 4 is 17.3 Å². The molecule has 1 aromatic heterocycles. The summed E-state index contributed by atoms with van der Waals surface area (Å²) in [4.78, 5) is 14.6. The summed E-state index contributed by atoms with van der Waals surface area (Å²) in [6.45, 7) is 2.09. The van der Waals surface area contributed by atoms with Crippen molar-refractivity contribution in [2.75, 3.05) is 11.1 Å². The first-order valence-electron chi connectivity index (χ1n) is 5.53. The molecule has 0 atom stereocenters. The van der Waals surface area contributed by atoms with Gasteiger partial charge in [0, 0.05) is 17.6 Å². The predicted octanol–water partition coefficient (Wildman–Crippen LogP) is 2.41. The predicted molar refractivity (Wildman–Crippen MR) is 69.0 cm³/mol. The summed E-state index contributed by atoms with van der Waals surface area (Å²) in [6.07, 6.45) is 2.58. The summed E-state index contributed by atoms with van der Waals surface area (Å²) in [5.74, 6) is -0.189. The maximum absolute atomic E-state index is 11.8. The van der Waals surface area contributed by atoms with Crippen LogP contribution in [-0.2, 0) is 6.42 Å². The quantitative estimate of drug-likeness (QED) is 0.756. The van der Waals surface area contributed by atoms with E-state index in [0.29, 0.717) is 11.4 Å². The van der Waals surface area contributed by atoms with Crippen LogP contribution in [0, 0.1) is 0 Å². The van der Waals surface area contributed by atoms with Crippen LogP contribution in [-0.4, -0.2) is 10.9 Å². The topological polar surface area (TPSA) is 70.9 Å². The van der Waals surface area contributed by atoms with E-state index in [1.807, 2.05) is 24.3 Å². The van der Waals surface area contributed by atoms with E-state index >= 15 is 0 Å². The van der Waals surface area contributed by atoms with Crippen LogP contribution >= 0.6 is 0 Å². The Morgan fingerprint density at radius 1 is 1.35 bits per heavy atom. The van der Waals surface area contributed by atoms with Gasteiger partial charge in [-0.1, -0.05) is 19.1 Å². The molecule has 0 radical (unpaired) electrons. The molecule has 0 saturated heterocycles. The number of amides is 1. The van der Waals surface area contributed by atoms with Crippen LogP contribution in [0.5, 0.6) is 0 Å². The van der Waals surface area contributed by atoms with Crippen LogP contribution in [0.2, 0.25) is 0 Å². The zero-order chi connectivity index (χ0) is 12.3. The van der Waals surface area contributed by atoms with Crippen LogP contribution in [0.4, 0.5) is 11.4 Å². The molecule has 0 bridgehead atoms. The van der Waals surface area contributed by atoms with E-state index in [1.165, 1.54) is 5.56 Å². The Hall–Kier alpha value is -2.23. The summed E-state index contributed by atoms with van der Waals surface area (Å²) >= 11 is 0. The standard InChI is InChI=1S/C13H15N3O/c1-2-9-3-5-11(6-4-9)16-13(17)12-7-10(14)8-15-12/h3-8,15H,2,14H2,1H3,(H,16,17). The molecule has 2 rings (SSSR count). The second kappa shape index (κ2) is 4.74. The van der Waals surface area contributed by atoms with E-state index in [1.54, 1.807) is 12.3 Å². The van der Waals surface area contributed by atoms with Crippen molar-refractivity contribution in [3.63, 3.8) is 0 Å². The van der Waals surface area contributed by atoms with Crippen molar-refractivity contribution in [1.29, 1.82) is 0 Å². The third-order valence-corrected chi connectivity index (χ3v) is 2.57. The number of aryl methyl sites for hydroxylation is 1. The maximum Gasteiger partial charge on any atom is 0.272 e. The van der Waals surface area contributed by atoms with Gasteiger partial charge >= 0.3 is 0 Å². The van der Waals surface area contributed by atoms with Crippen molar-refractivity contribution in [3.05, 3.63) is 47.8 Å². The Balaban J connectivity index is 2.07. The second-order valence-corrected chi connectivity index (χ2v) is 3.85. The molecule has 2 aromatic rings. The Morgan fingerprint density at radius 3 is 2.59 bits per heavy atom. The average Bonchev–Trinajstić information content (AvgIpc) is 2.77. The van der Waals surface area contributed by atoms with Crippen molar-refractivity contribution in [2.24, 2.45) is 0 Å². The Kier molecular flexibility index (Phi) is 3.14. The Bertz CT molecular complexity index is 514. The molecule has 1 heterocycles. The van der Waals surface area contributed by atoms with Gasteiger partial charge in [0.2, 0.25) is 0 Å². The van der Waals surface area contributed by atoms with E-state index in [4.69, 9.17) is 5.73 Å². The number of aromatic nitrogens is 1. The molecule has 0 aliphatic carbocycles. The van der Waals surface area contributed by atoms with E-state index in [2.05, 4.69) is 17.2 Å². The molecule has 1 aromatic carbocycles. The molecule has 17 heavy (non-hydrogen) atoms. The number of nitrogens with one attached hydrogen (secondary N) is 2. The van der Waals surface area contributed by atoms with Crippen LogP contribution < -0.4 is 11.1 Å². The molecule has 88 valence electrons. The zero-order valence-electron chi connectivity index (χ0n) is 9.66. The van der Waals surface area contributed by atoms with E-state index in [0.717, 1.165) is 12.1 Å². The average molecular weight is 229 g/mol. The number of benzene rings is 1. The highest BCUT2D eigenvalue weighted by Crippen LogP contribution is 2.12. The zero-order valence-corrected chi connectivity index (χ0v) is 9.66. The Morgan fingerprint density at radius 2 is 2.06 bits per heavy atom. The number of carbonyl (C=O) groups excluding carboxylic acids is 1. The molecule has 0 fully saturated rings. The van der Waals surface area contributed by atoms with Gasteiger partial charge in [-0.15, -0.1) is 0 Å². The number of rotatable bonds is 3. The van der Waals surface area contributed by atoms with Crippen LogP contribution in [0.3, 0.4) is 0 Å². The van der Waals surface area contributed by atoms with Crippen molar-refractivity contribution in [3.8, 4) is 0 Å². The normalized spacial score (nSPS) is 10.2. The summed E-state index contributed by atoms with van der Waals surface area (Å²) < 4.78 is 0. The minimum atomic E-state index is -0.189. The molecule has 0 aliphatic rings. The van der Waals surface area contributed by atoms with Gasteiger partial charge in [0.25, 0.3) is 5.91 Å². The van der Waals surface area contributed by atoms with Gasteiger partial charge in [-0.2, -0.15) is 0 Å². The highest BCUT2D eigenvalue weighted by molar-refractivity contribution is 6.03. The lowest BCUT2D eigenvalue weighted by Gasteiger charge is -2.04. The van der Waals surface area contributed by atoms with Crippen molar-refractivity contribution < 1.29 is 4.79 Å². The van der Waals surface area contributed by atoms with Gasteiger partial charge in [0.1, 0.15) is 5.69 Å². The maximum atomic E-state index is 11.8. The molecular weight excluding hydrogens is 214 g/mol. The van der Waals surface area contributed by atoms with Gasteiger partial charge in [0.15, 0.2) is 0 Å². The van der Waals surface area contributed by atoms with E-state index in [9.17, 15) is 4.79 Å². The third-order valence-electron chi connectivity index (χ3n) is 2.57. The minimum Gasteiger partial charge on any atom is -0.397 e. The third kappa shape index (κ3) is 2.66. The number of anilines is 2. The fourth-order valence-electron chi connectivity index (χ4n) is 1.56. The molecule has 0 spiro atoms. The molecular formula is C13H15N3O. The smallest absolute Gasteiger partial charge is 0.272 e. The van der Waals surface area contributed by atoms with Gasteiger partial charge in [-0.3, -0.25) is 4.79 Å².